The first-order valence-electron chi connectivity index (χ1n) is 7.54. The molecular weight excluding hydrogens is 276 g/mol. The third-order valence-electron chi connectivity index (χ3n) is 3.57. The minimum absolute atomic E-state index is 0.0852. The Morgan fingerprint density at radius 1 is 1.38 bits per heavy atom. The van der Waals surface area contributed by atoms with E-state index in [-0.39, 0.29) is 17.7 Å². The highest BCUT2D eigenvalue weighted by Crippen LogP contribution is 2.23. The molecule has 4 nitrogen and oxygen atoms in total. The van der Waals surface area contributed by atoms with Gasteiger partial charge in [-0.3, -0.25) is 0 Å². The lowest BCUT2D eigenvalue weighted by Crippen LogP contribution is -2.34. The largest absolute Gasteiger partial charge is 0.376 e. The van der Waals surface area contributed by atoms with E-state index in [2.05, 4.69) is 10.3 Å². The molecule has 1 aliphatic heterocycles. The summed E-state index contributed by atoms with van der Waals surface area (Å²) in [7, 11) is 1.75. The van der Waals surface area contributed by atoms with Crippen molar-refractivity contribution < 1.29 is 13.5 Å². The van der Waals surface area contributed by atoms with Gasteiger partial charge in [0, 0.05) is 32.8 Å². The Bertz CT molecular complexity index is 464. The van der Waals surface area contributed by atoms with Crippen molar-refractivity contribution in [3.63, 3.8) is 0 Å². The highest BCUT2D eigenvalue weighted by molar-refractivity contribution is 5.49. The van der Waals surface area contributed by atoms with Gasteiger partial charge in [-0.05, 0) is 25.7 Å². The van der Waals surface area contributed by atoms with Crippen LogP contribution in [0.3, 0.4) is 0 Å². The first-order chi connectivity index (χ1) is 10.1. The van der Waals surface area contributed by atoms with Gasteiger partial charge < -0.3 is 15.0 Å². The number of hydrogen-bond acceptors (Lipinski definition) is 4. The number of anilines is 2. The Morgan fingerprint density at radius 2 is 2.19 bits per heavy atom. The van der Waals surface area contributed by atoms with Gasteiger partial charge >= 0.3 is 0 Å². The van der Waals surface area contributed by atoms with Gasteiger partial charge in [0.05, 0.1) is 6.10 Å². The van der Waals surface area contributed by atoms with E-state index in [1.165, 1.54) is 0 Å². The maximum absolute atomic E-state index is 13.9. The molecule has 0 amide bonds. The van der Waals surface area contributed by atoms with Crippen LogP contribution in [0, 0.1) is 11.6 Å². The summed E-state index contributed by atoms with van der Waals surface area (Å²) < 4.78 is 33.3. The van der Waals surface area contributed by atoms with E-state index in [0.29, 0.717) is 13.1 Å². The lowest BCUT2D eigenvalue weighted by molar-refractivity contribution is 0.0215. The van der Waals surface area contributed by atoms with Gasteiger partial charge in [-0.15, -0.1) is 0 Å². The number of aromatic nitrogens is 1. The van der Waals surface area contributed by atoms with Gasteiger partial charge in [-0.1, -0.05) is 6.92 Å². The monoisotopic (exact) mass is 299 g/mol. The Kier molecular flexibility index (Phi) is 5.73. The summed E-state index contributed by atoms with van der Waals surface area (Å²) in [5, 5.41) is 2.88. The van der Waals surface area contributed by atoms with E-state index in [9.17, 15) is 8.78 Å². The van der Waals surface area contributed by atoms with Crippen LogP contribution in [0.15, 0.2) is 6.07 Å². The SMILES string of the molecule is CCCNc1nc(N(C)CC2CCCCO2)c(F)cc1F. The summed E-state index contributed by atoms with van der Waals surface area (Å²) in [5.74, 6) is -1.05. The molecule has 1 aromatic heterocycles. The molecule has 2 heterocycles. The van der Waals surface area contributed by atoms with Crippen molar-refractivity contribution in [2.75, 3.05) is 37.0 Å². The molecule has 21 heavy (non-hydrogen) atoms. The van der Waals surface area contributed by atoms with E-state index >= 15 is 0 Å². The molecule has 0 aliphatic carbocycles. The average molecular weight is 299 g/mol. The highest BCUT2D eigenvalue weighted by Gasteiger charge is 2.20. The zero-order valence-electron chi connectivity index (χ0n) is 12.7. The molecule has 1 aliphatic rings. The van der Waals surface area contributed by atoms with Crippen LogP contribution in [0.25, 0.3) is 0 Å². The molecule has 118 valence electrons. The van der Waals surface area contributed by atoms with Gasteiger partial charge in [0.25, 0.3) is 0 Å². The number of nitrogens with one attached hydrogen (secondary N) is 1. The minimum Gasteiger partial charge on any atom is -0.376 e. The molecule has 1 fully saturated rings. The molecule has 0 saturated carbocycles. The van der Waals surface area contributed by atoms with Crippen LogP contribution in [0.5, 0.6) is 0 Å². The number of likely N-dealkylation sites (N-methyl/N-ethyl adjacent to an activating group) is 1. The molecule has 2 rings (SSSR count). The zero-order chi connectivity index (χ0) is 15.2. The van der Waals surface area contributed by atoms with Crippen molar-refractivity contribution in [1.29, 1.82) is 0 Å². The van der Waals surface area contributed by atoms with Crippen LogP contribution in [0.1, 0.15) is 32.6 Å². The van der Waals surface area contributed by atoms with Crippen molar-refractivity contribution in [3.8, 4) is 0 Å². The van der Waals surface area contributed by atoms with Crippen LogP contribution >= 0.6 is 0 Å². The molecule has 0 spiro atoms. The molecule has 1 saturated heterocycles. The summed E-state index contributed by atoms with van der Waals surface area (Å²) in [4.78, 5) is 5.78. The number of halogens is 2. The second-order valence-electron chi connectivity index (χ2n) is 5.42. The Morgan fingerprint density at radius 3 is 2.86 bits per heavy atom. The van der Waals surface area contributed by atoms with Crippen LogP contribution in [0.2, 0.25) is 0 Å². The fourth-order valence-corrected chi connectivity index (χ4v) is 2.44. The van der Waals surface area contributed by atoms with Gasteiger partial charge in [0.2, 0.25) is 0 Å². The lowest BCUT2D eigenvalue weighted by Gasteiger charge is -2.28. The first-order valence-corrected chi connectivity index (χ1v) is 7.54. The number of nitrogens with zero attached hydrogens (tertiary/aromatic N) is 2. The minimum atomic E-state index is -0.660. The lowest BCUT2D eigenvalue weighted by atomic mass is 10.1. The Balaban J connectivity index is 2.09. The predicted molar refractivity (Wildman–Crippen MR) is 79.8 cm³/mol. The van der Waals surface area contributed by atoms with E-state index in [1.54, 1.807) is 11.9 Å². The maximum Gasteiger partial charge on any atom is 0.168 e. The van der Waals surface area contributed by atoms with E-state index in [1.807, 2.05) is 6.92 Å². The van der Waals surface area contributed by atoms with Crippen molar-refractivity contribution in [1.82, 2.24) is 4.98 Å². The van der Waals surface area contributed by atoms with Crippen LogP contribution < -0.4 is 10.2 Å². The Hall–Kier alpha value is -1.43. The van der Waals surface area contributed by atoms with Gasteiger partial charge in [0.1, 0.15) is 0 Å². The van der Waals surface area contributed by atoms with Crippen LogP contribution in [-0.2, 0) is 4.74 Å². The first kappa shape index (κ1) is 15.9. The standard InChI is InChI=1S/C15H23F2N3O/c1-3-7-18-14-12(16)9-13(17)15(19-14)20(2)10-11-6-4-5-8-21-11/h9,11H,3-8,10H2,1-2H3,(H,18,19). The van der Waals surface area contributed by atoms with E-state index < -0.39 is 11.6 Å². The van der Waals surface area contributed by atoms with Crippen LogP contribution in [0.4, 0.5) is 20.4 Å². The second kappa shape index (κ2) is 7.54. The Labute approximate surface area is 124 Å². The molecule has 0 radical (unpaired) electrons. The third-order valence-corrected chi connectivity index (χ3v) is 3.57. The van der Waals surface area contributed by atoms with Gasteiger partial charge in [-0.2, -0.15) is 0 Å². The van der Waals surface area contributed by atoms with Crippen molar-refractivity contribution in [2.45, 2.75) is 38.7 Å². The fourth-order valence-electron chi connectivity index (χ4n) is 2.44. The molecular formula is C15H23F2N3O. The predicted octanol–water partition coefficient (Wildman–Crippen LogP) is 3.19. The number of rotatable bonds is 6. The van der Waals surface area contributed by atoms with Crippen molar-refractivity contribution in [2.24, 2.45) is 0 Å². The molecule has 1 atom stereocenters. The third kappa shape index (κ3) is 4.27. The summed E-state index contributed by atoms with van der Waals surface area (Å²) in [6.45, 7) is 3.89. The van der Waals surface area contributed by atoms with E-state index in [0.717, 1.165) is 38.4 Å². The summed E-state index contributed by atoms with van der Waals surface area (Å²) >= 11 is 0. The molecule has 0 bridgehead atoms. The van der Waals surface area contributed by atoms with Crippen molar-refractivity contribution in [3.05, 3.63) is 17.7 Å². The zero-order valence-corrected chi connectivity index (χ0v) is 12.7. The topological polar surface area (TPSA) is 37.4 Å². The summed E-state index contributed by atoms with van der Waals surface area (Å²) in [6, 6.07) is 0.887. The normalized spacial score (nSPS) is 18.6. The molecule has 0 aromatic carbocycles. The fraction of sp³-hybridized carbons (Fsp3) is 0.667. The number of pyridine rings is 1. The van der Waals surface area contributed by atoms with Crippen molar-refractivity contribution >= 4 is 11.6 Å². The summed E-state index contributed by atoms with van der Waals surface area (Å²) in [6.07, 6.45) is 4.10. The molecule has 1 aromatic rings. The molecule has 1 N–H and O–H groups in total. The van der Waals surface area contributed by atoms with Gasteiger partial charge in [-0.25, -0.2) is 13.8 Å². The average Bonchev–Trinajstić information content (AvgIpc) is 2.47. The highest BCUT2D eigenvalue weighted by atomic mass is 19.1. The quantitative estimate of drug-likeness (QED) is 0.875. The smallest absolute Gasteiger partial charge is 0.168 e. The molecule has 1 unspecified atom stereocenters. The summed E-state index contributed by atoms with van der Waals surface area (Å²) in [5.41, 5.74) is 0. The van der Waals surface area contributed by atoms with E-state index in [4.69, 9.17) is 4.74 Å². The van der Waals surface area contributed by atoms with Crippen LogP contribution in [-0.4, -0.2) is 37.8 Å². The maximum atomic E-state index is 13.9. The molecule has 6 heteroatoms. The number of ether oxygens (including phenoxy) is 1. The number of hydrogen-bond donors (Lipinski definition) is 1. The van der Waals surface area contributed by atoms with Gasteiger partial charge in [0.15, 0.2) is 23.3 Å². The second-order valence-corrected chi connectivity index (χ2v) is 5.42.